The van der Waals surface area contributed by atoms with Gasteiger partial charge in [0.25, 0.3) is 0 Å². The maximum atomic E-state index is 13.2. The monoisotopic (exact) mass is 484 g/mol. The number of nitrogens with zero attached hydrogens (tertiary/aromatic N) is 2. The number of aromatic nitrogens is 1. The highest BCUT2D eigenvalue weighted by atomic mass is 19.1. The minimum atomic E-state index is -0.266. The predicted octanol–water partition coefficient (Wildman–Crippen LogP) is 8.63. The Kier molecular flexibility index (Phi) is 12.3. The van der Waals surface area contributed by atoms with Crippen molar-refractivity contribution in [1.29, 1.82) is 0 Å². The molecule has 0 radical (unpaired) electrons. The topological polar surface area (TPSA) is 46.3 Å². The van der Waals surface area contributed by atoms with Crippen molar-refractivity contribution in [1.82, 2.24) is 10.1 Å². The Balaban J connectivity index is 1.20. The molecule has 3 rings (SSSR count). The summed E-state index contributed by atoms with van der Waals surface area (Å²) >= 11 is 0. The molecule has 2 aromatic rings. The number of hydrogen-bond acceptors (Lipinski definition) is 3. The van der Waals surface area contributed by atoms with Crippen LogP contribution >= 0.6 is 0 Å². The zero-order chi connectivity index (χ0) is 24.7. The number of rotatable bonds is 17. The molecule has 0 bridgehead atoms. The fourth-order valence-corrected chi connectivity index (χ4v) is 5.08. The number of carbonyl (C=O) groups is 1. The largest absolute Gasteiger partial charge is 0.356 e. The third-order valence-corrected chi connectivity index (χ3v) is 7.30. The molecule has 1 aliphatic heterocycles. The van der Waals surface area contributed by atoms with E-state index in [1.807, 2.05) is 4.90 Å². The molecule has 1 aliphatic rings. The normalized spacial score (nSPS) is 13.3. The van der Waals surface area contributed by atoms with Crippen molar-refractivity contribution in [2.45, 2.75) is 123 Å². The number of benzene rings is 1. The van der Waals surface area contributed by atoms with Gasteiger partial charge in [-0.25, -0.2) is 4.39 Å². The average molecular weight is 485 g/mol. The molecule has 0 fully saturated rings. The first-order valence-corrected chi connectivity index (χ1v) is 14.2. The third-order valence-electron chi connectivity index (χ3n) is 7.30. The second-order valence-electron chi connectivity index (χ2n) is 10.2. The number of halogens is 1. The van der Waals surface area contributed by atoms with E-state index in [0.29, 0.717) is 25.3 Å². The van der Waals surface area contributed by atoms with Crippen molar-refractivity contribution >= 4 is 5.91 Å². The third kappa shape index (κ3) is 9.42. The van der Waals surface area contributed by atoms with Crippen LogP contribution in [0, 0.1) is 5.82 Å². The van der Waals surface area contributed by atoms with Gasteiger partial charge >= 0.3 is 0 Å². The van der Waals surface area contributed by atoms with E-state index in [2.05, 4.69) is 12.1 Å². The van der Waals surface area contributed by atoms with Crippen LogP contribution in [0.25, 0.3) is 11.3 Å². The van der Waals surface area contributed by atoms with Crippen molar-refractivity contribution < 1.29 is 13.7 Å². The summed E-state index contributed by atoms with van der Waals surface area (Å²) in [5, 5.41) is 4.20. The molecule has 4 nitrogen and oxygen atoms in total. The van der Waals surface area contributed by atoms with Crippen molar-refractivity contribution in [3.63, 3.8) is 0 Å². The molecule has 0 saturated heterocycles. The Morgan fingerprint density at radius 2 is 1.40 bits per heavy atom. The first-order chi connectivity index (χ1) is 17.2. The fraction of sp³-hybridized carbons (Fsp3) is 0.667. The molecule has 0 saturated carbocycles. The molecule has 1 aromatic carbocycles. The van der Waals surface area contributed by atoms with E-state index in [0.717, 1.165) is 36.1 Å². The van der Waals surface area contributed by atoms with Gasteiger partial charge in [0.1, 0.15) is 11.5 Å². The number of unbranched alkanes of at least 4 members (excludes halogenated alkanes) is 14. The predicted molar refractivity (Wildman–Crippen MR) is 141 cm³/mol. The summed E-state index contributed by atoms with van der Waals surface area (Å²) < 4.78 is 18.8. The van der Waals surface area contributed by atoms with Crippen molar-refractivity contribution in [3.8, 4) is 11.3 Å². The van der Waals surface area contributed by atoms with E-state index in [4.69, 9.17) is 4.52 Å². The number of fused-ring (bicyclic) bond motifs is 1. The molecule has 5 heteroatoms. The van der Waals surface area contributed by atoms with E-state index >= 15 is 0 Å². The van der Waals surface area contributed by atoms with E-state index in [9.17, 15) is 9.18 Å². The van der Waals surface area contributed by atoms with Crippen LogP contribution in [0.4, 0.5) is 4.39 Å². The van der Waals surface area contributed by atoms with Crippen LogP contribution in [0.2, 0.25) is 0 Å². The molecule has 0 spiro atoms. The van der Waals surface area contributed by atoms with Gasteiger partial charge < -0.3 is 9.42 Å². The van der Waals surface area contributed by atoms with Crippen LogP contribution < -0.4 is 0 Å². The number of amides is 1. The van der Waals surface area contributed by atoms with Crippen LogP contribution in [-0.2, 0) is 17.8 Å². The Bertz CT molecular complexity index is 862. The first kappa shape index (κ1) is 27.4. The Hall–Kier alpha value is -2.17. The summed E-state index contributed by atoms with van der Waals surface area (Å²) in [4.78, 5) is 14.6. The van der Waals surface area contributed by atoms with Crippen LogP contribution in [0.15, 0.2) is 28.8 Å². The van der Waals surface area contributed by atoms with Crippen LogP contribution in [0.1, 0.15) is 121 Å². The maximum absolute atomic E-state index is 13.2. The van der Waals surface area contributed by atoms with Gasteiger partial charge in [0.05, 0.1) is 6.54 Å². The van der Waals surface area contributed by atoms with E-state index in [1.165, 1.54) is 95.6 Å². The number of carbonyl (C=O) groups excluding carboxylic acids is 1. The SMILES string of the molecule is CCCCCCCCCCCCCCCCCC(=O)N1CCc2c(noc2-c2ccc(F)cc2)C1. The first-order valence-electron chi connectivity index (χ1n) is 14.2. The van der Waals surface area contributed by atoms with Gasteiger partial charge in [0, 0.05) is 24.1 Å². The van der Waals surface area contributed by atoms with Crippen LogP contribution in [0.5, 0.6) is 0 Å². The maximum Gasteiger partial charge on any atom is 0.222 e. The number of hydrogen-bond donors (Lipinski definition) is 0. The highest BCUT2D eigenvalue weighted by Gasteiger charge is 2.26. The molecule has 0 atom stereocenters. The lowest BCUT2D eigenvalue weighted by atomic mass is 10.00. The summed E-state index contributed by atoms with van der Waals surface area (Å²) in [6, 6.07) is 6.29. The van der Waals surface area contributed by atoms with Gasteiger partial charge in [0.15, 0.2) is 5.76 Å². The summed E-state index contributed by atoms with van der Waals surface area (Å²) in [5.74, 6) is 0.656. The highest BCUT2D eigenvalue weighted by molar-refractivity contribution is 5.76. The molecule has 0 N–H and O–H groups in total. The molecule has 1 amide bonds. The Labute approximate surface area is 211 Å². The molecule has 35 heavy (non-hydrogen) atoms. The van der Waals surface area contributed by atoms with Gasteiger partial charge in [-0.15, -0.1) is 0 Å². The molecule has 0 aliphatic carbocycles. The van der Waals surface area contributed by atoms with Crippen molar-refractivity contribution in [2.24, 2.45) is 0 Å². The van der Waals surface area contributed by atoms with Crippen molar-refractivity contribution in [3.05, 3.63) is 41.3 Å². The molecular formula is C30H45FN2O2. The van der Waals surface area contributed by atoms with Gasteiger partial charge in [-0.3, -0.25) is 4.79 Å². The standard InChI is InChI=1S/C30H45FN2O2/c1-2-3-4-5-6-7-8-9-10-11-12-13-14-15-16-17-29(34)33-23-22-27-28(24-33)32-35-30(27)25-18-20-26(31)21-19-25/h18-21H,2-17,22-24H2,1H3. The quantitative estimate of drug-likeness (QED) is 0.211. The fourth-order valence-electron chi connectivity index (χ4n) is 5.08. The Morgan fingerprint density at radius 1 is 0.857 bits per heavy atom. The zero-order valence-corrected chi connectivity index (χ0v) is 21.8. The smallest absolute Gasteiger partial charge is 0.222 e. The van der Waals surface area contributed by atoms with Gasteiger partial charge in [-0.2, -0.15) is 0 Å². The van der Waals surface area contributed by atoms with Crippen molar-refractivity contribution in [2.75, 3.05) is 6.54 Å². The highest BCUT2D eigenvalue weighted by Crippen LogP contribution is 2.30. The van der Waals surface area contributed by atoms with E-state index < -0.39 is 0 Å². The zero-order valence-electron chi connectivity index (χ0n) is 21.8. The van der Waals surface area contributed by atoms with Gasteiger partial charge in [-0.05, 0) is 37.1 Å². The minimum absolute atomic E-state index is 0.219. The molecular weight excluding hydrogens is 439 g/mol. The molecule has 0 unspecified atom stereocenters. The van der Waals surface area contributed by atoms with Gasteiger partial charge in [0.2, 0.25) is 5.91 Å². The lowest BCUT2D eigenvalue weighted by molar-refractivity contribution is -0.132. The lowest BCUT2D eigenvalue weighted by Gasteiger charge is -2.26. The Morgan fingerprint density at radius 3 is 1.97 bits per heavy atom. The molecule has 1 aromatic heterocycles. The van der Waals surface area contributed by atoms with Gasteiger partial charge in [-0.1, -0.05) is 102 Å². The minimum Gasteiger partial charge on any atom is -0.356 e. The molecule has 2 heterocycles. The molecule has 194 valence electrons. The second-order valence-corrected chi connectivity index (χ2v) is 10.2. The van der Waals surface area contributed by atoms with E-state index in [1.54, 1.807) is 12.1 Å². The summed E-state index contributed by atoms with van der Waals surface area (Å²) in [5.41, 5.74) is 2.71. The van der Waals surface area contributed by atoms with E-state index in [-0.39, 0.29) is 11.7 Å². The summed E-state index contributed by atoms with van der Waals surface area (Å²) in [6.45, 7) is 3.48. The summed E-state index contributed by atoms with van der Waals surface area (Å²) in [6.07, 6.45) is 21.3. The second kappa shape index (κ2) is 15.7. The van der Waals surface area contributed by atoms with Crippen LogP contribution in [-0.4, -0.2) is 22.5 Å². The summed E-state index contributed by atoms with van der Waals surface area (Å²) in [7, 11) is 0. The lowest BCUT2D eigenvalue weighted by Crippen LogP contribution is -2.35. The van der Waals surface area contributed by atoms with Crippen LogP contribution in [0.3, 0.4) is 0 Å². The average Bonchev–Trinajstić information content (AvgIpc) is 3.30.